The largest absolute Gasteiger partial charge is 0.370 e. The van der Waals surface area contributed by atoms with E-state index in [0.717, 1.165) is 52.0 Å². The fourth-order valence-corrected chi connectivity index (χ4v) is 4.85. The van der Waals surface area contributed by atoms with E-state index < -0.39 is 0 Å². The van der Waals surface area contributed by atoms with Crippen LogP contribution in [-0.4, -0.2) is 54.3 Å². The second kappa shape index (κ2) is 8.18. The number of amides is 2. The zero-order valence-electron chi connectivity index (χ0n) is 15.4. The van der Waals surface area contributed by atoms with Crippen LogP contribution in [0.4, 0.5) is 0 Å². The molecule has 4 N–H and O–H groups in total. The summed E-state index contributed by atoms with van der Waals surface area (Å²) < 4.78 is 0. The maximum Gasteiger partial charge on any atom is 0.231 e. The summed E-state index contributed by atoms with van der Waals surface area (Å²) in [5, 5.41) is 0. The van der Waals surface area contributed by atoms with E-state index in [0.29, 0.717) is 12.3 Å². The zero-order chi connectivity index (χ0) is 18.6. The average Bonchev–Trinajstić information content (AvgIpc) is 2.98. The Labute approximate surface area is 155 Å². The van der Waals surface area contributed by atoms with Crippen LogP contribution in [0.3, 0.4) is 0 Å². The average molecular weight is 358 g/mol. The molecule has 2 saturated heterocycles. The van der Waals surface area contributed by atoms with E-state index in [1.165, 1.54) is 5.56 Å². The molecule has 1 atom stereocenters. The number of carbonyl (C=O) groups excluding carboxylic acids is 2. The fraction of sp³-hybridized carbons (Fsp3) is 0.600. The minimum Gasteiger partial charge on any atom is -0.370 e. The molecule has 1 aromatic carbocycles. The van der Waals surface area contributed by atoms with Crippen LogP contribution in [0.1, 0.15) is 31.2 Å². The van der Waals surface area contributed by atoms with Crippen LogP contribution in [0.25, 0.3) is 0 Å². The lowest BCUT2D eigenvalue weighted by Crippen LogP contribution is -2.44. The summed E-state index contributed by atoms with van der Waals surface area (Å²) in [5.41, 5.74) is 12.2. The smallest absolute Gasteiger partial charge is 0.231 e. The van der Waals surface area contributed by atoms with Crippen LogP contribution < -0.4 is 11.5 Å². The molecular formula is C20H30N4O2. The Morgan fingerprint density at radius 1 is 1.00 bits per heavy atom. The molecule has 2 heterocycles. The number of primary amides is 2. The first kappa shape index (κ1) is 18.9. The van der Waals surface area contributed by atoms with E-state index in [1.807, 2.05) is 6.07 Å². The van der Waals surface area contributed by atoms with Gasteiger partial charge in [-0.15, -0.1) is 0 Å². The number of nitrogens with zero attached hydrogens (tertiary/aromatic N) is 2. The van der Waals surface area contributed by atoms with Crippen molar-refractivity contribution in [1.29, 1.82) is 0 Å². The highest BCUT2D eigenvalue weighted by Crippen LogP contribution is 2.45. The summed E-state index contributed by atoms with van der Waals surface area (Å²) >= 11 is 0. The second-order valence-electron chi connectivity index (χ2n) is 7.97. The number of piperidine rings is 1. The molecule has 6 nitrogen and oxygen atoms in total. The maximum atomic E-state index is 11.7. The Morgan fingerprint density at radius 2 is 1.69 bits per heavy atom. The van der Waals surface area contributed by atoms with Crippen molar-refractivity contribution >= 4 is 11.8 Å². The standard InChI is InChI=1S/C20H30N4O2/c21-18(25)12-20(8-11-24(15-20)14-19(22)26)17-6-9-23(10-7-17)13-16-4-2-1-3-5-16/h1-5,17H,6-15H2,(H2,21,25)(H2,22,26). The predicted molar refractivity (Wildman–Crippen MR) is 101 cm³/mol. The molecule has 142 valence electrons. The van der Waals surface area contributed by atoms with Gasteiger partial charge in [-0.05, 0) is 55.8 Å². The number of hydrogen-bond acceptors (Lipinski definition) is 4. The number of likely N-dealkylation sites (tertiary alicyclic amines) is 2. The van der Waals surface area contributed by atoms with E-state index in [4.69, 9.17) is 11.5 Å². The van der Waals surface area contributed by atoms with Gasteiger partial charge in [-0.25, -0.2) is 0 Å². The molecule has 0 saturated carbocycles. The van der Waals surface area contributed by atoms with Crippen LogP contribution in [-0.2, 0) is 16.1 Å². The molecule has 0 radical (unpaired) electrons. The van der Waals surface area contributed by atoms with Crippen LogP contribution in [0.2, 0.25) is 0 Å². The lowest BCUT2D eigenvalue weighted by Gasteiger charge is -2.42. The fourth-order valence-electron chi connectivity index (χ4n) is 4.85. The number of rotatable bonds is 7. The molecule has 2 amide bonds. The van der Waals surface area contributed by atoms with Crippen molar-refractivity contribution in [3.8, 4) is 0 Å². The van der Waals surface area contributed by atoms with E-state index in [-0.39, 0.29) is 23.8 Å². The van der Waals surface area contributed by atoms with Gasteiger partial charge >= 0.3 is 0 Å². The van der Waals surface area contributed by atoms with Crippen LogP contribution in [0.5, 0.6) is 0 Å². The van der Waals surface area contributed by atoms with Crippen molar-refractivity contribution < 1.29 is 9.59 Å². The van der Waals surface area contributed by atoms with Gasteiger partial charge in [-0.2, -0.15) is 0 Å². The summed E-state index contributed by atoms with van der Waals surface area (Å²) in [6.07, 6.45) is 3.48. The van der Waals surface area contributed by atoms with Gasteiger partial charge in [-0.1, -0.05) is 30.3 Å². The lowest BCUT2D eigenvalue weighted by atomic mass is 9.68. The molecule has 1 aromatic rings. The molecule has 6 heteroatoms. The Kier molecular flexibility index (Phi) is 5.94. The van der Waals surface area contributed by atoms with Gasteiger partial charge < -0.3 is 11.5 Å². The van der Waals surface area contributed by atoms with Crippen LogP contribution in [0.15, 0.2) is 30.3 Å². The third kappa shape index (κ3) is 4.62. The highest BCUT2D eigenvalue weighted by molar-refractivity contribution is 5.76. The molecule has 2 aliphatic rings. The minimum atomic E-state index is -0.308. The SMILES string of the molecule is NC(=O)CN1CCC(CC(N)=O)(C2CCN(Cc3ccccc3)CC2)C1. The molecule has 0 aliphatic carbocycles. The predicted octanol–water partition coefficient (Wildman–Crippen LogP) is 0.951. The second-order valence-corrected chi connectivity index (χ2v) is 7.97. The van der Waals surface area contributed by atoms with E-state index in [2.05, 4.69) is 34.1 Å². The lowest BCUT2D eigenvalue weighted by molar-refractivity contribution is -0.121. The molecule has 2 aliphatic heterocycles. The van der Waals surface area contributed by atoms with Crippen molar-refractivity contribution in [2.45, 2.75) is 32.2 Å². The van der Waals surface area contributed by atoms with Crippen molar-refractivity contribution in [2.75, 3.05) is 32.7 Å². The molecule has 1 unspecified atom stereocenters. The van der Waals surface area contributed by atoms with E-state index in [9.17, 15) is 9.59 Å². The van der Waals surface area contributed by atoms with Gasteiger partial charge in [0.05, 0.1) is 6.54 Å². The molecule has 0 bridgehead atoms. The summed E-state index contributed by atoms with van der Waals surface area (Å²) in [7, 11) is 0. The highest BCUT2D eigenvalue weighted by atomic mass is 16.1. The van der Waals surface area contributed by atoms with Gasteiger partial charge in [0, 0.05) is 19.5 Å². The normalized spacial score (nSPS) is 25.4. The first-order chi connectivity index (χ1) is 12.5. The summed E-state index contributed by atoms with van der Waals surface area (Å²) in [4.78, 5) is 27.6. The van der Waals surface area contributed by atoms with Crippen LogP contribution in [0, 0.1) is 11.3 Å². The van der Waals surface area contributed by atoms with Gasteiger partial charge in [0.1, 0.15) is 0 Å². The third-order valence-electron chi connectivity index (χ3n) is 6.07. The number of hydrogen-bond donors (Lipinski definition) is 2. The number of carbonyl (C=O) groups is 2. The number of nitrogens with two attached hydrogens (primary N) is 2. The molecule has 3 rings (SSSR count). The Bertz CT molecular complexity index is 628. The van der Waals surface area contributed by atoms with E-state index >= 15 is 0 Å². The Balaban J connectivity index is 1.61. The first-order valence-electron chi connectivity index (χ1n) is 9.52. The summed E-state index contributed by atoms with van der Waals surface area (Å²) in [6, 6.07) is 10.5. The monoisotopic (exact) mass is 358 g/mol. The van der Waals surface area contributed by atoms with Gasteiger partial charge in [0.15, 0.2) is 0 Å². The topological polar surface area (TPSA) is 92.7 Å². The zero-order valence-corrected chi connectivity index (χ0v) is 15.4. The van der Waals surface area contributed by atoms with Gasteiger partial charge in [-0.3, -0.25) is 19.4 Å². The molecule has 2 fully saturated rings. The van der Waals surface area contributed by atoms with E-state index in [1.54, 1.807) is 0 Å². The van der Waals surface area contributed by atoms with Crippen molar-refractivity contribution in [1.82, 2.24) is 9.80 Å². The molecule has 0 aromatic heterocycles. The Morgan fingerprint density at radius 3 is 2.31 bits per heavy atom. The molecular weight excluding hydrogens is 328 g/mol. The van der Waals surface area contributed by atoms with Crippen molar-refractivity contribution in [3.05, 3.63) is 35.9 Å². The highest BCUT2D eigenvalue weighted by Gasteiger charge is 2.46. The maximum absolute atomic E-state index is 11.7. The quantitative estimate of drug-likeness (QED) is 0.759. The van der Waals surface area contributed by atoms with Crippen LogP contribution >= 0.6 is 0 Å². The van der Waals surface area contributed by atoms with Gasteiger partial charge in [0.2, 0.25) is 11.8 Å². The summed E-state index contributed by atoms with van der Waals surface area (Å²) in [5.74, 6) is -0.0740. The Hall–Kier alpha value is -1.92. The third-order valence-corrected chi connectivity index (χ3v) is 6.07. The molecule has 26 heavy (non-hydrogen) atoms. The first-order valence-corrected chi connectivity index (χ1v) is 9.52. The van der Waals surface area contributed by atoms with Crippen molar-refractivity contribution in [2.24, 2.45) is 22.8 Å². The van der Waals surface area contributed by atoms with Crippen molar-refractivity contribution in [3.63, 3.8) is 0 Å². The van der Waals surface area contributed by atoms with Gasteiger partial charge in [0.25, 0.3) is 0 Å². The minimum absolute atomic E-state index is 0.0971. The number of benzene rings is 1. The molecule has 0 spiro atoms. The summed E-state index contributed by atoms with van der Waals surface area (Å²) in [6.45, 7) is 4.89.